The highest BCUT2D eigenvalue weighted by molar-refractivity contribution is 6.17. The van der Waals surface area contributed by atoms with Crippen molar-refractivity contribution >= 4 is 23.5 Å². The van der Waals surface area contributed by atoms with Crippen LogP contribution in [0.25, 0.3) is 0 Å². The van der Waals surface area contributed by atoms with E-state index in [1.54, 1.807) is 0 Å². The van der Waals surface area contributed by atoms with E-state index in [1.165, 1.54) is 24.3 Å². The van der Waals surface area contributed by atoms with Gasteiger partial charge in [0.15, 0.2) is 11.5 Å². The highest BCUT2D eigenvalue weighted by Gasteiger charge is 2.19. The van der Waals surface area contributed by atoms with Gasteiger partial charge in [0.1, 0.15) is 0 Å². The predicted molar refractivity (Wildman–Crippen MR) is 66.1 cm³/mol. The van der Waals surface area contributed by atoms with Gasteiger partial charge in [-0.05, 0) is 36.4 Å². The SMILES string of the molecule is O=C1C=CC(=O)C(OC(=O)c2ccc(C(=O)O)cc2)=C1. The molecular formula is C14H8O6. The second kappa shape index (κ2) is 5.31. The van der Waals surface area contributed by atoms with Crippen LogP contribution in [0, 0.1) is 0 Å². The number of hydrogen-bond acceptors (Lipinski definition) is 5. The van der Waals surface area contributed by atoms with Crippen molar-refractivity contribution in [1.82, 2.24) is 0 Å². The summed E-state index contributed by atoms with van der Waals surface area (Å²) in [5.41, 5.74) is 0.0957. The summed E-state index contributed by atoms with van der Waals surface area (Å²) in [6.07, 6.45) is 3.01. The molecule has 0 amide bonds. The lowest BCUT2D eigenvalue weighted by molar-refractivity contribution is -0.116. The van der Waals surface area contributed by atoms with Gasteiger partial charge in [-0.1, -0.05) is 0 Å². The van der Waals surface area contributed by atoms with E-state index in [2.05, 4.69) is 0 Å². The van der Waals surface area contributed by atoms with Gasteiger partial charge in [0.25, 0.3) is 0 Å². The largest absolute Gasteiger partial charge is 0.478 e. The van der Waals surface area contributed by atoms with Gasteiger partial charge in [0, 0.05) is 6.08 Å². The third-order valence-electron chi connectivity index (χ3n) is 2.49. The summed E-state index contributed by atoms with van der Waals surface area (Å²) in [7, 11) is 0. The molecular weight excluding hydrogens is 264 g/mol. The van der Waals surface area contributed by atoms with Gasteiger partial charge >= 0.3 is 11.9 Å². The Hall–Kier alpha value is -3.02. The first-order valence-corrected chi connectivity index (χ1v) is 5.51. The number of hydrogen-bond donors (Lipinski definition) is 1. The van der Waals surface area contributed by atoms with Crippen molar-refractivity contribution in [3.63, 3.8) is 0 Å². The van der Waals surface area contributed by atoms with E-state index in [1.807, 2.05) is 0 Å². The Labute approximate surface area is 113 Å². The minimum Gasteiger partial charge on any atom is -0.478 e. The Morgan fingerprint density at radius 2 is 1.55 bits per heavy atom. The molecule has 0 bridgehead atoms. The Balaban J connectivity index is 2.14. The highest BCUT2D eigenvalue weighted by Crippen LogP contribution is 2.12. The lowest BCUT2D eigenvalue weighted by atomic mass is 10.1. The fraction of sp³-hybridized carbons (Fsp3) is 0. The number of carboxylic acids is 1. The minimum atomic E-state index is -1.12. The molecule has 0 aliphatic heterocycles. The molecule has 6 nitrogen and oxygen atoms in total. The monoisotopic (exact) mass is 272 g/mol. The third-order valence-corrected chi connectivity index (χ3v) is 2.49. The maximum absolute atomic E-state index is 11.7. The lowest BCUT2D eigenvalue weighted by Gasteiger charge is -2.08. The van der Waals surface area contributed by atoms with Gasteiger partial charge in [0.05, 0.1) is 11.1 Å². The minimum absolute atomic E-state index is 0.0209. The number of rotatable bonds is 3. The molecule has 0 saturated carbocycles. The van der Waals surface area contributed by atoms with Gasteiger partial charge in [-0.2, -0.15) is 0 Å². The smallest absolute Gasteiger partial charge is 0.343 e. The van der Waals surface area contributed by atoms with E-state index in [-0.39, 0.29) is 16.9 Å². The summed E-state index contributed by atoms with van der Waals surface area (Å²) in [5.74, 6) is -3.35. The zero-order valence-electron chi connectivity index (χ0n) is 10.0. The van der Waals surface area contributed by atoms with Gasteiger partial charge < -0.3 is 9.84 Å². The second-order valence-corrected chi connectivity index (χ2v) is 3.88. The van der Waals surface area contributed by atoms with E-state index < -0.39 is 23.5 Å². The molecule has 1 aliphatic carbocycles. The molecule has 0 fully saturated rings. The van der Waals surface area contributed by atoms with Crippen LogP contribution in [0.2, 0.25) is 0 Å². The third kappa shape index (κ3) is 2.86. The lowest BCUT2D eigenvalue weighted by Crippen LogP contribution is -2.15. The van der Waals surface area contributed by atoms with Gasteiger partial charge in [0.2, 0.25) is 5.78 Å². The summed E-state index contributed by atoms with van der Waals surface area (Å²) in [4.78, 5) is 44.9. The molecule has 1 aliphatic rings. The Kier molecular flexibility index (Phi) is 3.56. The molecule has 0 aromatic heterocycles. The maximum Gasteiger partial charge on any atom is 0.343 e. The average molecular weight is 272 g/mol. The zero-order chi connectivity index (χ0) is 14.7. The topological polar surface area (TPSA) is 97.7 Å². The summed E-state index contributed by atoms with van der Waals surface area (Å²) in [5, 5.41) is 8.72. The predicted octanol–water partition coefficient (Wildman–Crippen LogP) is 1.13. The van der Waals surface area contributed by atoms with E-state index in [0.717, 1.165) is 18.2 Å². The number of esters is 1. The molecule has 0 heterocycles. The molecule has 0 unspecified atom stereocenters. The van der Waals surface area contributed by atoms with Crippen LogP contribution in [0.5, 0.6) is 0 Å². The molecule has 100 valence electrons. The van der Waals surface area contributed by atoms with Crippen molar-refractivity contribution in [2.45, 2.75) is 0 Å². The first kappa shape index (κ1) is 13.4. The second-order valence-electron chi connectivity index (χ2n) is 3.88. The number of ketones is 2. The summed E-state index contributed by atoms with van der Waals surface area (Å²) in [6, 6.07) is 5.00. The summed E-state index contributed by atoms with van der Waals surface area (Å²) < 4.78 is 4.81. The Morgan fingerprint density at radius 3 is 2.15 bits per heavy atom. The van der Waals surface area contributed by atoms with Crippen LogP contribution in [-0.2, 0) is 14.3 Å². The van der Waals surface area contributed by atoms with Crippen LogP contribution in [0.4, 0.5) is 0 Å². The maximum atomic E-state index is 11.7. The first-order valence-electron chi connectivity index (χ1n) is 5.51. The fourth-order valence-electron chi connectivity index (χ4n) is 1.48. The van der Waals surface area contributed by atoms with Crippen molar-refractivity contribution in [3.8, 4) is 0 Å². The Morgan fingerprint density at radius 1 is 0.950 bits per heavy atom. The van der Waals surface area contributed by atoms with Crippen molar-refractivity contribution in [2.75, 3.05) is 0 Å². The zero-order valence-corrected chi connectivity index (χ0v) is 10.0. The summed E-state index contributed by atoms with van der Waals surface area (Å²) >= 11 is 0. The molecule has 0 atom stereocenters. The van der Waals surface area contributed by atoms with E-state index in [9.17, 15) is 19.2 Å². The number of benzene rings is 1. The number of carbonyl (C=O) groups excluding carboxylic acids is 3. The molecule has 0 saturated heterocycles. The molecule has 0 radical (unpaired) electrons. The van der Waals surface area contributed by atoms with Crippen LogP contribution >= 0.6 is 0 Å². The quantitative estimate of drug-likeness (QED) is 0.654. The van der Waals surface area contributed by atoms with Crippen LogP contribution in [0.15, 0.2) is 48.3 Å². The van der Waals surface area contributed by atoms with E-state index in [0.29, 0.717) is 0 Å². The molecule has 1 N–H and O–H groups in total. The number of carbonyl (C=O) groups is 4. The van der Waals surface area contributed by atoms with Crippen molar-refractivity contribution < 1.29 is 29.0 Å². The molecule has 1 aromatic carbocycles. The Bertz CT molecular complexity index is 663. The fourth-order valence-corrected chi connectivity index (χ4v) is 1.48. The molecule has 20 heavy (non-hydrogen) atoms. The van der Waals surface area contributed by atoms with Crippen molar-refractivity contribution in [1.29, 1.82) is 0 Å². The van der Waals surface area contributed by atoms with Crippen molar-refractivity contribution in [2.24, 2.45) is 0 Å². The first-order chi connectivity index (χ1) is 9.47. The van der Waals surface area contributed by atoms with Crippen LogP contribution < -0.4 is 0 Å². The number of aromatic carboxylic acids is 1. The van der Waals surface area contributed by atoms with Crippen LogP contribution in [-0.4, -0.2) is 28.6 Å². The highest BCUT2D eigenvalue weighted by atomic mass is 16.5. The van der Waals surface area contributed by atoms with Gasteiger partial charge in [-0.25, -0.2) is 9.59 Å². The number of carboxylic acid groups (broad SMARTS) is 1. The molecule has 0 spiro atoms. The number of allylic oxidation sites excluding steroid dienone is 3. The van der Waals surface area contributed by atoms with Gasteiger partial charge in [-0.3, -0.25) is 9.59 Å². The van der Waals surface area contributed by atoms with Crippen molar-refractivity contribution in [3.05, 3.63) is 59.4 Å². The normalized spacial score (nSPS) is 13.9. The van der Waals surface area contributed by atoms with E-state index in [4.69, 9.17) is 9.84 Å². The average Bonchev–Trinajstić information content (AvgIpc) is 2.43. The van der Waals surface area contributed by atoms with Crippen LogP contribution in [0.1, 0.15) is 20.7 Å². The molecule has 6 heteroatoms. The van der Waals surface area contributed by atoms with Crippen LogP contribution in [0.3, 0.4) is 0 Å². The summed E-state index contributed by atoms with van der Waals surface area (Å²) in [6.45, 7) is 0. The number of ether oxygens (including phenoxy) is 1. The molecule has 1 aromatic rings. The molecule has 2 rings (SSSR count). The van der Waals surface area contributed by atoms with Gasteiger partial charge in [-0.15, -0.1) is 0 Å². The van der Waals surface area contributed by atoms with E-state index >= 15 is 0 Å². The standard InChI is InChI=1S/C14H8O6/c15-10-5-6-11(16)12(7-10)20-14(19)9-3-1-8(2-4-9)13(17)18/h1-7H,(H,17,18).